The molecule has 1 N–H and O–H groups in total. The first-order chi connectivity index (χ1) is 24.4. The number of fused-ring (bicyclic) bond motifs is 2. The number of likely N-dealkylation sites (N-methyl/N-ethyl adjacent to an activating group) is 1. The van der Waals surface area contributed by atoms with E-state index in [0.29, 0.717) is 37.7 Å². The Bertz CT molecular complexity index is 1860. The quantitative estimate of drug-likeness (QED) is 0.321. The van der Waals surface area contributed by atoms with Crippen molar-refractivity contribution in [3.63, 3.8) is 0 Å². The molecule has 1 unspecified atom stereocenters. The van der Waals surface area contributed by atoms with Crippen LogP contribution in [0.15, 0.2) is 36.4 Å². The summed E-state index contributed by atoms with van der Waals surface area (Å²) in [7, 11) is 1.79. The molecule has 1 atom stereocenters. The lowest BCUT2D eigenvalue weighted by Gasteiger charge is -2.48. The molecule has 0 radical (unpaired) electrons. The number of piperazine rings is 1. The number of likely N-dealkylation sites (tertiary alicyclic amines) is 1. The Labute approximate surface area is 303 Å². The molecule has 51 heavy (non-hydrogen) atoms. The summed E-state index contributed by atoms with van der Waals surface area (Å²) in [4.78, 5) is 44.4. The van der Waals surface area contributed by atoms with Gasteiger partial charge in [0.2, 0.25) is 0 Å². The highest BCUT2D eigenvalue weighted by molar-refractivity contribution is 6.36. The van der Waals surface area contributed by atoms with Crippen LogP contribution in [0, 0.1) is 11.3 Å². The molecule has 3 aliphatic heterocycles. The van der Waals surface area contributed by atoms with Gasteiger partial charge in [0.1, 0.15) is 18.0 Å². The molecule has 1 aromatic heterocycles. The minimum Gasteiger partial charge on any atom is -0.465 e. The molecular formula is C37H45ClN8O5. The number of hydrogen-bond donors (Lipinski definition) is 1. The molecule has 1 saturated carbocycles. The van der Waals surface area contributed by atoms with Crippen molar-refractivity contribution < 1.29 is 24.2 Å². The number of carbonyl (C=O) groups is 2. The monoisotopic (exact) mass is 716 g/mol. The number of nitrogens with zero attached hydrogens (tertiary/aromatic N) is 8. The number of nitriles is 1. The first-order valence-electron chi connectivity index (χ1n) is 17.6. The molecule has 13 nitrogen and oxygen atoms in total. The fourth-order valence-corrected chi connectivity index (χ4v) is 7.78. The second-order valence-electron chi connectivity index (χ2n) is 15.1. The molecule has 0 bridgehead atoms. The Morgan fingerprint density at radius 1 is 1.08 bits per heavy atom. The lowest BCUT2D eigenvalue weighted by atomic mass is 10.0. The summed E-state index contributed by atoms with van der Waals surface area (Å²) in [5.74, 6) is 0.742. The molecule has 4 heterocycles. The van der Waals surface area contributed by atoms with Gasteiger partial charge in [0, 0.05) is 63.0 Å². The molecule has 2 aromatic carbocycles. The van der Waals surface area contributed by atoms with Crippen molar-refractivity contribution in [2.75, 3.05) is 62.7 Å². The van der Waals surface area contributed by atoms with E-state index in [1.807, 2.05) is 39.0 Å². The summed E-state index contributed by atoms with van der Waals surface area (Å²) in [6.07, 6.45) is 1.40. The van der Waals surface area contributed by atoms with E-state index in [1.54, 1.807) is 11.9 Å². The molecule has 0 spiro atoms. The van der Waals surface area contributed by atoms with Crippen LogP contribution in [0.1, 0.15) is 51.3 Å². The summed E-state index contributed by atoms with van der Waals surface area (Å²) in [6.45, 7) is 9.84. The summed E-state index contributed by atoms with van der Waals surface area (Å²) >= 11 is 6.73. The Balaban J connectivity index is 1.13. The summed E-state index contributed by atoms with van der Waals surface area (Å²) in [5.41, 5.74) is 2.22. The second kappa shape index (κ2) is 13.5. The lowest BCUT2D eigenvalue weighted by molar-refractivity contribution is -0.0288. The number of aromatic nitrogens is 2. The van der Waals surface area contributed by atoms with E-state index in [0.717, 1.165) is 66.0 Å². The van der Waals surface area contributed by atoms with Crippen molar-refractivity contribution in [1.29, 1.82) is 5.26 Å². The van der Waals surface area contributed by atoms with Crippen LogP contribution in [0.2, 0.25) is 5.02 Å². The van der Waals surface area contributed by atoms with Crippen LogP contribution in [-0.4, -0.2) is 118 Å². The predicted octanol–water partition coefficient (Wildman–Crippen LogP) is 5.39. The van der Waals surface area contributed by atoms with Gasteiger partial charge in [-0.25, -0.2) is 9.59 Å². The van der Waals surface area contributed by atoms with Crippen molar-refractivity contribution in [1.82, 2.24) is 24.7 Å². The zero-order chi connectivity index (χ0) is 36.1. The molecular weight excluding hydrogens is 672 g/mol. The standard InChI is InChI=1S/C37H45ClN8O5/c1-36(2,3)51-35(49)42(4)26-20-45(21-26)37(13-14-37)23-50-33-40-29-22-43(30-10-6-8-24-7-5-9-28(38)31(24)30)16-12-27(29)32(41-33)44-17-18-46(34(47)48)25(19-44)11-15-39/h5-10,25-26H,11-14,16-23H2,1-4H3,(H,47,48). The topological polar surface area (TPSA) is 139 Å². The lowest BCUT2D eigenvalue weighted by Crippen LogP contribution is -2.64. The number of rotatable bonds is 8. The fraction of sp³-hybridized carbons (Fsp3) is 0.541. The summed E-state index contributed by atoms with van der Waals surface area (Å²) < 4.78 is 12.0. The minimum absolute atomic E-state index is 0.0725. The zero-order valence-electron chi connectivity index (χ0n) is 29.6. The van der Waals surface area contributed by atoms with Gasteiger partial charge in [-0.15, -0.1) is 0 Å². The van der Waals surface area contributed by atoms with Gasteiger partial charge in [-0.2, -0.15) is 15.2 Å². The van der Waals surface area contributed by atoms with Gasteiger partial charge in [-0.05, 0) is 57.6 Å². The number of anilines is 2. The average Bonchev–Trinajstić information content (AvgIpc) is 3.85. The van der Waals surface area contributed by atoms with Gasteiger partial charge in [0.05, 0.1) is 47.4 Å². The number of carbonyl (C=O) groups excluding carboxylic acids is 1. The highest BCUT2D eigenvalue weighted by atomic mass is 35.5. The zero-order valence-corrected chi connectivity index (χ0v) is 30.4. The third-order valence-corrected chi connectivity index (χ3v) is 10.9. The van der Waals surface area contributed by atoms with E-state index >= 15 is 0 Å². The van der Waals surface area contributed by atoms with Crippen molar-refractivity contribution in [3.05, 3.63) is 52.7 Å². The van der Waals surface area contributed by atoms with Crippen LogP contribution in [0.4, 0.5) is 21.1 Å². The SMILES string of the molecule is CN(C(=O)OC(C)(C)C)C1CN(C2(COc3nc4c(c(N5CCN(C(=O)O)C(CC#N)C5)n3)CCN(c3cccc5cccc(Cl)c35)C4)CC2)C1. The number of ether oxygens (including phenoxy) is 2. The number of carboxylic acid groups (broad SMARTS) is 1. The van der Waals surface area contributed by atoms with Crippen LogP contribution in [0.3, 0.4) is 0 Å². The van der Waals surface area contributed by atoms with Crippen molar-refractivity contribution >= 4 is 46.1 Å². The van der Waals surface area contributed by atoms with Crippen LogP contribution in [0.25, 0.3) is 10.8 Å². The summed E-state index contributed by atoms with van der Waals surface area (Å²) in [5, 5.41) is 22.1. The maximum atomic E-state index is 12.6. The molecule has 1 aliphatic carbocycles. The summed E-state index contributed by atoms with van der Waals surface area (Å²) in [6, 6.07) is 14.2. The van der Waals surface area contributed by atoms with Gasteiger partial charge >= 0.3 is 18.2 Å². The molecule has 14 heteroatoms. The van der Waals surface area contributed by atoms with Crippen molar-refractivity contribution in [3.8, 4) is 12.1 Å². The normalized spacial score (nSPS) is 20.3. The van der Waals surface area contributed by atoms with Crippen LogP contribution < -0.4 is 14.5 Å². The third-order valence-electron chi connectivity index (χ3n) is 10.6. The van der Waals surface area contributed by atoms with E-state index in [-0.39, 0.29) is 36.7 Å². The molecule has 4 aliphatic rings. The van der Waals surface area contributed by atoms with Gasteiger partial charge < -0.3 is 34.2 Å². The first-order valence-corrected chi connectivity index (χ1v) is 18.0. The van der Waals surface area contributed by atoms with Gasteiger partial charge in [-0.3, -0.25) is 4.90 Å². The predicted molar refractivity (Wildman–Crippen MR) is 194 cm³/mol. The molecule has 3 aromatic rings. The Hall–Kier alpha value is -4.54. The third kappa shape index (κ3) is 7.04. The molecule has 2 amide bonds. The fourth-order valence-electron chi connectivity index (χ4n) is 7.51. The molecule has 7 rings (SSSR count). The average molecular weight is 717 g/mol. The Kier molecular flexibility index (Phi) is 9.26. The number of hydrogen-bond acceptors (Lipinski definition) is 10. The van der Waals surface area contributed by atoms with E-state index in [1.165, 1.54) is 4.90 Å². The van der Waals surface area contributed by atoms with E-state index < -0.39 is 17.7 Å². The van der Waals surface area contributed by atoms with E-state index in [9.17, 15) is 20.0 Å². The Morgan fingerprint density at radius 2 is 1.82 bits per heavy atom. The van der Waals surface area contributed by atoms with E-state index in [4.69, 9.17) is 31.0 Å². The van der Waals surface area contributed by atoms with E-state index in [2.05, 4.69) is 39.0 Å². The van der Waals surface area contributed by atoms with Crippen molar-refractivity contribution in [2.45, 2.75) is 76.2 Å². The minimum atomic E-state index is -1.02. The Morgan fingerprint density at radius 3 is 2.51 bits per heavy atom. The van der Waals surface area contributed by atoms with Gasteiger partial charge in [-0.1, -0.05) is 35.9 Å². The highest BCUT2D eigenvalue weighted by Crippen LogP contribution is 2.45. The highest BCUT2D eigenvalue weighted by Gasteiger charge is 2.54. The smallest absolute Gasteiger partial charge is 0.410 e. The first kappa shape index (κ1) is 34.9. The molecule has 2 saturated heterocycles. The maximum Gasteiger partial charge on any atom is 0.410 e. The number of benzene rings is 2. The van der Waals surface area contributed by atoms with Gasteiger partial charge in [0.25, 0.3) is 0 Å². The molecule has 270 valence electrons. The van der Waals surface area contributed by atoms with Crippen LogP contribution in [-0.2, 0) is 17.7 Å². The van der Waals surface area contributed by atoms with Crippen molar-refractivity contribution in [2.24, 2.45) is 0 Å². The second-order valence-corrected chi connectivity index (χ2v) is 15.5. The number of amides is 2. The number of halogens is 1. The van der Waals surface area contributed by atoms with Crippen LogP contribution >= 0.6 is 11.6 Å². The largest absolute Gasteiger partial charge is 0.465 e. The maximum absolute atomic E-state index is 12.6. The molecule has 3 fully saturated rings. The van der Waals surface area contributed by atoms with Gasteiger partial charge in [0.15, 0.2) is 0 Å². The van der Waals surface area contributed by atoms with Crippen LogP contribution in [0.5, 0.6) is 6.01 Å².